The smallest absolute Gasteiger partial charge is 0.307 e. The summed E-state index contributed by atoms with van der Waals surface area (Å²) in [7, 11) is 1.53. The molecule has 0 aliphatic heterocycles. The molecule has 2 aromatic carbocycles. The second-order valence-electron chi connectivity index (χ2n) is 5.24. The molecule has 126 valence electrons. The van der Waals surface area contributed by atoms with E-state index in [0.29, 0.717) is 24.3 Å². The van der Waals surface area contributed by atoms with E-state index in [1.54, 1.807) is 24.3 Å². The number of hydrogen-bond donors (Lipinski definition) is 2. The monoisotopic (exact) mass is 391 g/mol. The lowest BCUT2D eigenvalue weighted by atomic mass is 10.1. The molecule has 0 saturated heterocycles. The molecule has 24 heavy (non-hydrogen) atoms. The second kappa shape index (κ2) is 8.49. The highest BCUT2D eigenvalue weighted by molar-refractivity contribution is 9.10. The van der Waals surface area contributed by atoms with E-state index in [4.69, 9.17) is 9.84 Å². The maximum absolute atomic E-state index is 12.3. The fraction of sp³-hybridized carbons (Fsp3) is 0.222. The largest absolute Gasteiger partial charge is 0.496 e. The third-order valence-corrected chi connectivity index (χ3v) is 3.98. The molecule has 0 saturated carbocycles. The van der Waals surface area contributed by atoms with Gasteiger partial charge in [-0.3, -0.25) is 9.59 Å². The molecular formula is C18H18BrNO4. The van der Waals surface area contributed by atoms with Crippen molar-refractivity contribution in [2.45, 2.75) is 12.8 Å². The maximum atomic E-state index is 12.3. The van der Waals surface area contributed by atoms with Gasteiger partial charge in [-0.15, -0.1) is 0 Å². The zero-order valence-electron chi connectivity index (χ0n) is 13.2. The van der Waals surface area contributed by atoms with Crippen LogP contribution in [0.4, 0.5) is 0 Å². The van der Waals surface area contributed by atoms with Gasteiger partial charge >= 0.3 is 5.97 Å². The first-order valence-electron chi connectivity index (χ1n) is 7.41. The van der Waals surface area contributed by atoms with Gasteiger partial charge in [0.2, 0.25) is 0 Å². The number of nitrogens with one attached hydrogen (secondary N) is 1. The van der Waals surface area contributed by atoms with Gasteiger partial charge in [0, 0.05) is 11.0 Å². The van der Waals surface area contributed by atoms with Crippen molar-refractivity contribution < 1.29 is 19.4 Å². The van der Waals surface area contributed by atoms with Gasteiger partial charge in [-0.1, -0.05) is 40.2 Å². The predicted molar refractivity (Wildman–Crippen MR) is 94.5 cm³/mol. The molecule has 0 fully saturated rings. The topological polar surface area (TPSA) is 75.6 Å². The first kappa shape index (κ1) is 18.0. The van der Waals surface area contributed by atoms with E-state index in [1.807, 2.05) is 18.2 Å². The van der Waals surface area contributed by atoms with E-state index in [0.717, 1.165) is 15.6 Å². The number of methoxy groups -OCH3 is 1. The molecule has 5 nitrogen and oxygen atoms in total. The van der Waals surface area contributed by atoms with E-state index >= 15 is 0 Å². The van der Waals surface area contributed by atoms with Crippen LogP contribution in [-0.4, -0.2) is 30.6 Å². The summed E-state index contributed by atoms with van der Waals surface area (Å²) in [5.74, 6) is -0.526. The highest BCUT2D eigenvalue weighted by Gasteiger charge is 2.12. The molecule has 0 heterocycles. The highest BCUT2D eigenvalue weighted by atomic mass is 79.9. The van der Waals surface area contributed by atoms with Crippen LogP contribution < -0.4 is 10.1 Å². The van der Waals surface area contributed by atoms with E-state index < -0.39 is 5.97 Å². The Hall–Kier alpha value is -2.34. The van der Waals surface area contributed by atoms with E-state index in [1.165, 1.54) is 7.11 Å². The molecule has 0 aromatic heterocycles. The van der Waals surface area contributed by atoms with Crippen LogP contribution in [0.1, 0.15) is 21.5 Å². The molecule has 6 heteroatoms. The molecule has 0 aliphatic rings. The molecule has 0 unspecified atom stereocenters. The van der Waals surface area contributed by atoms with Crippen molar-refractivity contribution in [1.29, 1.82) is 0 Å². The van der Waals surface area contributed by atoms with E-state index in [-0.39, 0.29) is 12.3 Å². The summed E-state index contributed by atoms with van der Waals surface area (Å²) < 4.78 is 6.01. The molecule has 0 spiro atoms. The van der Waals surface area contributed by atoms with Crippen LogP contribution in [0.25, 0.3) is 0 Å². The van der Waals surface area contributed by atoms with Gasteiger partial charge in [0.25, 0.3) is 5.91 Å². The normalized spacial score (nSPS) is 10.2. The fourth-order valence-electron chi connectivity index (χ4n) is 2.27. The van der Waals surface area contributed by atoms with Gasteiger partial charge in [-0.05, 0) is 35.7 Å². The quantitative estimate of drug-likeness (QED) is 0.760. The van der Waals surface area contributed by atoms with Crippen LogP contribution in [-0.2, 0) is 17.6 Å². The van der Waals surface area contributed by atoms with Gasteiger partial charge in [0.15, 0.2) is 0 Å². The summed E-state index contributed by atoms with van der Waals surface area (Å²) in [6, 6.07) is 12.6. The van der Waals surface area contributed by atoms with Gasteiger partial charge in [0.05, 0.1) is 19.1 Å². The number of carboxylic acids is 1. The third kappa shape index (κ3) is 5.09. The first-order chi connectivity index (χ1) is 11.5. The van der Waals surface area contributed by atoms with Gasteiger partial charge in [0.1, 0.15) is 5.75 Å². The van der Waals surface area contributed by atoms with E-state index in [2.05, 4.69) is 21.2 Å². The van der Waals surface area contributed by atoms with Crippen molar-refractivity contribution in [3.8, 4) is 5.75 Å². The Morgan fingerprint density at radius 1 is 1.12 bits per heavy atom. The molecule has 2 N–H and O–H groups in total. The zero-order chi connectivity index (χ0) is 17.5. The average molecular weight is 392 g/mol. The lowest BCUT2D eigenvalue weighted by molar-refractivity contribution is -0.136. The fourth-order valence-corrected chi connectivity index (χ4v) is 2.63. The minimum absolute atomic E-state index is 0.0136. The molecule has 0 aliphatic carbocycles. The van der Waals surface area contributed by atoms with Crippen molar-refractivity contribution in [2.24, 2.45) is 0 Å². The number of aliphatic carboxylic acids is 1. The second-order valence-corrected chi connectivity index (χ2v) is 6.15. The van der Waals surface area contributed by atoms with Crippen LogP contribution in [0.15, 0.2) is 46.9 Å². The Bertz CT molecular complexity index is 728. The predicted octanol–water partition coefficient (Wildman–Crippen LogP) is 3.06. The molecular weight excluding hydrogens is 374 g/mol. The summed E-state index contributed by atoms with van der Waals surface area (Å²) in [5.41, 5.74) is 2.27. The number of ether oxygens (including phenoxy) is 1. The highest BCUT2D eigenvalue weighted by Crippen LogP contribution is 2.22. The summed E-state index contributed by atoms with van der Waals surface area (Å²) in [5, 5.41) is 11.6. The standard InChI is InChI=1S/C18H18BrNO4/c1-24-16-7-6-14(19)11-15(16)18(23)20-9-8-12-2-4-13(5-3-12)10-17(21)22/h2-7,11H,8-10H2,1H3,(H,20,23)(H,21,22). The molecule has 0 radical (unpaired) electrons. The molecule has 2 aromatic rings. The van der Waals surface area contributed by atoms with Crippen LogP contribution in [0.2, 0.25) is 0 Å². The lowest BCUT2D eigenvalue weighted by Crippen LogP contribution is -2.26. The van der Waals surface area contributed by atoms with Crippen LogP contribution in [0.3, 0.4) is 0 Å². The number of halogens is 1. The van der Waals surface area contributed by atoms with Crippen molar-refractivity contribution in [2.75, 3.05) is 13.7 Å². The van der Waals surface area contributed by atoms with E-state index in [9.17, 15) is 9.59 Å². The Kier molecular flexibility index (Phi) is 6.37. The summed E-state index contributed by atoms with van der Waals surface area (Å²) in [6.45, 7) is 0.479. The minimum Gasteiger partial charge on any atom is -0.496 e. The third-order valence-electron chi connectivity index (χ3n) is 3.48. The lowest BCUT2D eigenvalue weighted by Gasteiger charge is -2.10. The zero-order valence-corrected chi connectivity index (χ0v) is 14.8. The van der Waals surface area contributed by atoms with Crippen molar-refractivity contribution in [3.05, 3.63) is 63.6 Å². The van der Waals surface area contributed by atoms with Gasteiger partial charge in [-0.25, -0.2) is 0 Å². The number of benzene rings is 2. The average Bonchev–Trinajstić information content (AvgIpc) is 2.56. The Balaban J connectivity index is 1.91. The number of rotatable bonds is 7. The van der Waals surface area contributed by atoms with Crippen LogP contribution in [0, 0.1) is 0 Å². The summed E-state index contributed by atoms with van der Waals surface area (Å²) in [6.07, 6.45) is 0.676. The van der Waals surface area contributed by atoms with Gasteiger partial charge in [-0.2, -0.15) is 0 Å². The first-order valence-corrected chi connectivity index (χ1v) is 8.20. The van der Waals surface area contributed by atoms with Crippen molar-refractivity contribution in [1.82, 2.24) is 5.32 Å². The molecule has 0 atom stereocenters. The Morgan fingerprint density at radius 3 is 2.42 bits per heavy atom. The Labute approximate surface area is 148 Å². The van der Waals surface area contributed by atoms with Crippen molar-refractivity contribution >= 4 is 27.8 Å². The number of carbonyl (C=O) groups excluding carboxylic acids is 1. The molecule has 0 bridgehead atoms. The minimum atomic E-state index is -0.849. The number of carboxylic acid groups (broad SMARTS) is 1. The molecule has 1 amide bonds. The van der Waals surface area contributed by atoms with Gasteiger partial charge < -0.3 is 15.2 Å². The van der Waals surface area contributed by atoms with Crippen LogP contribution >= 0.6 is 15.9 Å². The Morgan fingerprint density at radius 2 is 1.79 bits per heavy atom. The van der Waals surface area contributed by atoms with Crippen LogP contribution in [0.5, 0.6) is 5.75 Å². The SMILES string of the molecule is COc1ccc(Br)cc1C(=O)NCCc1ccc(CC(=O)O)cc1. The maximum Gasteiger partial charge on any atom is 0.307 e. The summed E-state index contributed by atoms with van der Waals surface area (Å²) >= 11 is 3.35. The number of carbonyl (C=O) groups is 2. The number of amides is 1. The molecule has 2 rings (SSSR count). The van der Waals surface area contributed by atoms with Crippen molar-refractivity contribution in [3.63, 3.8) is 0 Å². The number of hydrogen-bond acceptors (Lipinski definition) is 3. The summed E-state index contributed by atoms with van der Waals surface area (Å²) in [4.78, 5) is 22.9.